The maximum absolute atomic E-state index is 12.7. The molecule has 0 amide bonds. The van der Waals surface area contributed by atoms with Gasteiger partial charge in [-0.25, -0.2) is 8.42 Å². The van der Waals surface area contributed by atoms with Crippen LogP contribution < -0.4 is 0 Å². The van der Waals surface area contributed by atoms with E-state index in [1.807, 2.05) is 6.92 Å². The van der Waals surface area contributed by atoms with Crippen LogP contribution in [-0.2, 0) is 16.4 Å². The number of benzene rings is 1. The molecule has 0 saturated heterocycles. The zero-order chi connectivity index (χ0) is 15.3. The summed E-state index contributed by atoms with van der Waals surface area (Å²) in [5.41, 5.74) is 0.747. The highest BCUT2D eigenvalue weighted by atomic mass is 32.2. The Kier molecular flexibility index (Phi) is 6.13. The molecule has 1 aromatic carbocycles. The molecule has 0 aromatic heterocycles. The molecular weight excluding hydrogens is 278 g/mol. The lowest BCUT2D eigenvalue weighted by molar-refractivity contribution is 0.0738. The van der Waals surface area contributed by atoms with E-state index in [0.717, 1.165) is 5.56 Å². The van der Waals surface area contributed by atoms with Gasteiger partial charge in [0.25, 0.3) is 0 Å². The smallest absolute Gasteiger partial charge is 0.243 e. The first-order chi connectivity index (χ1) is 9.34. The number of aryl methyl sites for hydroxylation is 1. The molecule has 0 fully saturated rings. The van der Waals surface area contributed by atoms with E-state index in [0.29, 0.717) is 6.42 Å². The van der Waals surface area contributed by atoms with Crippen LogP contribution >= 0.6 is 0 Å². The van der Waals surface area contributed by atoms with Gasteiger partial charge in [-0.05, 0) is 31.9 Å². The second-order valence-corrected chi connectivity index (χ2v) is 6.83. The van der Waals surface area contributed by atoms with Crippen molar-refractivity contribution in [3.63, 3.8) is 0 Å². The van der Waals surface area contributed by atoms with Gasteiger partial charge in [-0.3, -0.25) is 0 Å². The molecule has 1 unspecified atom stereocenters. The monoisotopic (exact) mass is 301 g/mol. The highest BCUT2D eigenvalue weighted by molar-refractivity contribution is 7.89. The molecule has 2 N–H and O–H groups in total. The molecule has 1 rings (SSSR count). The molecule has 0 heterocycles. The van der Waals surface area contributed by atoms with E-state index in [2.05, 4.69) is 0 Å². The SMILES string of the molecule is CCc1ccccc1S(=O)(=O)N(CC(O)CO)C(C)C. The van der Waals surface area contributed by atoms with Crippen molar-refractivity contribution in [2.24, 2.45) is 0 Å². The van der Waals surface area contributed by atoms with Crippen molar-refractivity contribution in [2.75, 3.05) is 13.2 Å². The summed E-state index contributed by atoms with van der Waals surface area (Å²) in [6.45, 7) is 4.81. The quantitative estimate of drug-likeness (QED) is 0.787. The summed E-state index contributed by atoms with van der Waals surface area (Å²) in [6, 6.07) is 6.56. The van der Waals surface area contributed by atoms with Crippen LogP contribution in [0.1, 0.15) is 26.3 Å². The second-order valence-electron chi connectivity index (χ2n) is 4.97. The normalized spacial score (nSPS) is 13.9. The molecule has 20 heavy (non-hydrogen) atoms. The van der Waals surface area contributed by atoms with Crippen LogP contribution in [0.5, 0.6) is 0 Å². The maximum atomic E-state index is 12.7. The van der Waals surface area contributed by atoms with Crippen LogP contribution in [0.2, 0.25) is 0 Å². The number of rotatable bonds is 7. The van der Waals surface area contributed by atoms with Gasteiger partial charge in [-0.1, -0.05) is 25.1 Å². The maximum Gasteiger partial charge on any atom is 0.243 e. The Labute approximate surface area is 120 Å². The summed E-state index contributed by atoms with van der Waals surface area (Å²) in [6.07, 6.45) is -0.467. The number of sulfonamides is 1. The summed E-state index contributed by atoms with van der Waals surface area (Å²) in [5.74, 6) is 0. The van der Waals surface area contributed by atoms with Crippen LogP contribution in [0.4, 0.5) is 0 Å². The number of hydrogen-bond acceptors (Lipinski definition) is 4. The van der Waals surface area contributed by atoms with Crippen molar-refractivity contribution in [3.05, 3.63) is 29.8 Å². The molecule has 0 aliphatic heterocycles. The molecule has 1 atom stereocenters. The Morgan fingerprint density at radius 3 is 2.35 bits per heavy atom. The van der Waals surface area contributed by atoms with Crippen LogP contribution in [0.25, 0.3) is 0 Å². The fourth-order valence-corrected chi connectivity index (χ4v) is 4.00. The van der Waals surface area contributed by atoms with Gasteiger partial charge >= 0.3 is 0 Å². The highest BCUT2D eigenvalue weighted by Crippen LogP contribution is 2.22. The van der Waals surface area contributed by atoms with Gasteiger partial charge in [-0.15, -0.1) is 0 Å². The van der Waals surface area contributed by atoms with E-state index in [1.54, 1.807) is 38.1 Å². The fourth-order valence-electron chi connectivity index (χ4n) is 2.03. The molecule has 0 aliphatic rings. The van der Waals surface area contributed by atoms with Gasteiger partial charge in [0, 0.05) is 12.6 Å². The largest absolute Gasteiger partial charge is 0.394 e. The minimum absolute atomic E-state index is 0.117. The predicted octanol–water partition coefficient (Wildman–Crippen LogP) is 1.00. The van der Waals surface area contributed by atoms with Gasteiger partial charge in [0.05, 0.1) is 17.6 Å². The first kappa shape index (κ1) is 17.1. The minimum Gasteiger partial charge on any atom is -0.394 e. The number of nitrogens with zero attached hydrogens (tertiary/aromatic N) is 1. The molecule has 0 spiro atoms. The van der Waals surface area contributed by atoms with E-state index in [9.17, 15) is 13.5 Å². The third-order valence-corrected chi connectivity index (χ3v) is 5.26. The molecule has 0 aliphatic carbocycles. The van der Waals surface area contributed by atoms with E-state index >= 15 is 0 Å². The third kappa shape index (κ3) is 3.79. The molecule has 0 saturated carbocycles. The summed E-state index contributed by atoms with van der Waals surface area (Å²) >= 11 is 0. The van der Waals surface area contributed by atoms with E-state index in [-0.39, 0.29) is 17.5 Å². The van der Waals surface area contributed by atoms with E-state index < -0.39 is 22.7 Å². The molecule has 5 nitrogen and oxygen atoms in total. The fraction of sp³-hybridized carbons (Fsp3) is 0.571. The van der Waals surface area contributed by atoms with E-state index in [1.165, 1.54) is 4.31 Å². The molecule has 6 heteroatoms. The Hall–Kier alpha value is -0.950. The van der Waals surface area contributed by atoms with Crippen LogP contribution in [0, 0.1) is 0 Å². The molecule has 0 bridgehead atoms. The Bertz CT molecular complexity index is 528. The topological polar surface area (TPSA) is 77.8 Å². The van der Waals surface area contributed by atoms with Crippen molar-refractivity contribution >= 4 is 10.0 Å². The Morgan fingerprint density at radius 2 is 1.85 bits per heavy atom. The number of aliphatic hydroxyl groups is 2. The minimum atomic E-state index is -3.69. The third-order valence-electron chi connectivity index (χ3n) is 3.12. The standard InChI is InChI=1S/C14H23NO4S/c1-4-12-7-5-6-8-14(12)20(18,19)15(11(2)3)9-13(17)10-16/h5-8,11,13,16-17H,4,9-10H2,1-3H3. The average Bonchev–Trinajstić information content (AvgIpc) is 2.43. The van der Waals surface area contributed by atoms with Gasteiger partial charge < -0.3 is 10.2 Å². The van der Waals surface area contributed by atoms with Crippen molar-refractivity contribution in [1.29, 1.82) is 0 Å². The zero-order valence-corrected chi connectivity index (χ0v) is 13.0. The lowest BCUT2D eigenvalue weighted by Crippen LogP contribution is -2.43. The zero-order valence-electron chi connectivity index (χ0n) is 12.2. The molecule has 1 aromatic rings. The van der Waals surface area contributed by atoms with Gasteiger partial charge in [-0.2, -0.15) is 4.31 Å². The van der Waals surface area contributed by atoms with Crippen molar-refractivity contribution in [2.45, 2.75) is 44.2 Å². The van der Waals surface area contributed by atoms with Crippen LogP contribution in [0.15, 0.2) is 29.2 Å². The molecule has 114 valence electrons. The highest BCUT2D eigenvalue weighted by Gasteiger charge is 2.30. The lowest BCUT2D eigenvalue weighted by atomic mass is 10.2. The molecule has 0 radical (unpaired) electrons. The first-order valence-electron chi connectivity index (χ1n) is 6.73. The average molecular weight is 301 g/mol. The van der Waals surface area contributed by atoms with Crippen molar-refractivity contribution in [3.8, 4) is 0 Å². The van der Waals surface area contributed by atoms with Crippen LogP contribution in [-0.4, -0.2) is 48.2 Å². The summed E-state index contributed by atoms with van der Waals surface area (Å²) in [5, 5.41) is 18.5. The van der Waals surface area contributed by atoms with Gasteiger partial charge in [0.15, 0.2) is 0 Å². The first-order valence-corrected chi connectivity index (χ1v) is 8.17. The summed E-state index contributed by atoms with van der Waals surface area (Å²) < 4.78 is 26.7. The van der Waals surface area contributed by atoms with E-state index in [4.69, 9.17) is 5.11 Å². The van der Waals surface area contributed by atoms with Crippen molar-refractivity contribution in [1.82, 2.24) is 4.31 Å². The second kappa shape index (κ2) is 7.17. The lowest BCUT2D eigenvalue weighted by Gasteiger charge is -2.28. The van der Waals surface area contributed by atoms with Crippen molar-refractivity contribution < 1.29 is 18.6 Å². The molecular formula is C14H23NO4S. The summed E-state index contributed by atoms with van der Waals surface area (Å²) in [4.78, 5) is 0.265. The Morgan fingerprint density at radius 1 is 1.25 bits per heavy atom. The van der Waals surface area contributed by atoms with Gasteiger partial charge in [0.2, 0.25) is 10.0 Å². The number of hydrogen-bond donors (Lipinski definition) is 2. The summed E-state index contributed by atoms with van der Waals surface area (Å²) in [7, 11) is -3.69. The predicted molar refractivity (Wildman–Crippen MR) is 77.9 cm³/mol. The Balaban J connectivity index is 3.23. The van der Waals surface area contributed by atoms with Crippen LogP contribution in [0.3, 0.4) is 0 Å². The van der Waals surface area contributed by atoms with Gasteiger partial charge in [0.1, 0.15) is 0 Å². The number of aliphatic hydroxyl groups excluding tert-OH is 2.